The van der Waals surface area contributed by atoms with Crippen LogP contribution in [0.5, 0.6) is 0 Å². The molecule has 3 nitrogen and oxygen atoms in total. The van der Waals surface area contributed by atoms with Gasteiger partial charge in [0, 0.05) is 96.9 Å². The van der Waals surface area contributed by atoms with Crippen molar-refractivity contribution in [2.45, 2.75) is 19.3 Å². The number of benzene rings is 10. The van der Waals surface area contributed by atoms with Crippen molar-refractivity contribution in [1.82, 2.24) is 0 Å². The molecule has 2 aromatic heterocycles. The molecular weight excluding hydrogens is 863 g/mol. The van der Waals surface area contributed by atoms with Crippen molar-refractivity contribution >= 4 is 114 Å². The van der Waals surface area contributed by atoms with Crippen LogP contribution in [0, 0.1) is 0 Å². The van der Waals surface area contributed by atoms with Gasteiger partial charge in [0.2, 0.25) is 0 Å². The van der Waals surface area contributed by atoms with E-state index in [1.807, 2.05) is 22.7 Å². The Morgan fingerprint density at radius 2 is 0.559 bits per heavy atom. The van der Waals surface area contributed by atoms with E-state index in [4.69, 9.17) is 0 Å². The van der Waals surface area contributed by atoms with Crippen LogP contribution >= 0.6 is 22.7 Å². The fourth-order valence-electron chi connectivity index (χ4n) is 10.5. The van der Waals surface area contributed by atoms with Gasteiger partial charge < -0.3 is 14.7 Å². The third-order valence-electron chi connectivity index (χ3n) is 13.8. The molecule has 12 aromatic rings. The third-order valence-corrected chi connectivity index (χ3v) is 16.1. The topological polar surface area (TPSA) is 9.72 Å². The number of para-hydroxylation sites is 4. The van der Waals surface area contributed by atoms with Gasteiger partial charge in [-0.1, -0.05) is 117 Å². The van der Waals surface area contributed by atoms with Gasteiger partial charge in [-0.05, 0) is 156 Å². The van der Waals surface area contributed by atoms with Crippen molar-refractivity contribution in [2.24, 2.45) is 0 Å². The number of anilines is 9. The van der Waals surface area contributed by atoms with Gasteiger partial charge in [0.15, 0.2) is 0 Å². The van der Waals surface area contributed by atoms with Gasteiger partial charge in [-0.25, -0.2) is 0 Å². The van der Waals surface area contributed by atoms with Crippen molar-refractivity contribution in [2.75, 3.05) is 14.7 Å². The van der Waals surface area contributed by atoms with Gasteiger partial charge in [-0.2, -0.15) is 0 Å². The zero-order valence-corrected chi connectivity index (χ0v) is 39.3. The molecule has 13 rings (SSSR count). The summed E-state index contributed by atoms with van der Waals surface area (Å²) in [4.78, 5) is 7.20. The maximum Gasteiger partial charge on any atom is 0.0468 e. The maximum absolute atomic E-state index is 2.49. The summed E-state index contributed by atoms with van der Waals surface area (Å²) in [5.74, 6) is 0. The van der Waals surface area contributed by atoms with Crippen LogP contribution in [0.3, 0.4) is 0 Å². The normalized spacial score (nSPS) is 12.7. The van der Waals surface area contributed by atoms with E-state index >= 15 is 0 Å². The van der Waals surface area contributed by atoms with E-state index in [0.29, 0.717) is 0 Å². The lowest BCUT2D eigenvalue weighted by Gasteiger charge is -2.28. The Bertz CT molecular complexity index is 3560. The number of thiophene rings is 2. The van der Waals surface area contributed by atoms with Crippen molar-refractivity contribution in [1.29, 1.82) is 0 Å². The number of hydrogen-bond donors (Lipinski definition) is 0. The minimum atomic E-state index is -0.145. The molecule has 0 radical (unpaired) electrons. The fourth-order valence-corrected chi connectivity index (χ4v) is 12.7. The molecular formula is C63H45N3S2. The van der Waals surface area contributed by atoms with Crippen molar-refractivity contribution in [3.8, 4) is 11.1 Å². The highest BCUT2D eigenvalue weighted by atomic mass is 32.1. The molecule has 0 aliphatic heterocycles. The smallest absolute Gasteiger partial charge is 0.0468 e. The molecule has 324 valence electrons. The first kappa shape index (κ1) is 40.3. The Hall–Kier alpha value is -7.96. The van der Waals surface area contributed by atoms with E-state index in [2.05, 4.69) is 265 Å². The molecule has 1 aliphatic rings. The predicted molar refractivity (Wildman–Crippen MR) is 294 cm³/mol. The summed E-state index contributed by atoms with van der Waals surface area (Å²) in [6.07, 6.45) is 0. The first-order chi connectivity index (χ1) is 33.5. The molecule has 0 bridgehead atoms. The van der Waals surface area contributed by atoms with Gasteiger partial charge in [-0.3, -0.25) is 0 Å². The Labute approximate surface area is 404 Å². The lowest BCUT2D eigenvalue weighted by atomic mass is 9.82. The fraction of sp³-hybridized carbons (Fsp3) is 0.0476. The van der Waals surface area contributed by atoms with Gasteiger partial charge >= 0.3 is 0 Å². The number of rotatable bonds is 9. The van der Waals surface area contributed by atoms with Crippen LogP contribution in [0.4, 0.5) is 51.2 Å². The summed E-state index contributed by atoms with van der Waals surface area (Å²) >= 11 is 3.72. The lowest BCUT2D eigenvalue weighted by molar-refractivity contribution is 0.660. The highest BCUT2D eigenvalue weighted by Crippen LogP contribution is 2.52. The maximum atomic E-state index is 2.49. The van der Waals surface area contributed by atoms with E-state index in [0.717, 1.165) is 51.2 Å². The molecule has 0 unspecified atom stereocenters. The average Bonchev–Trinajstić information content (AvgIpc) is 4.02. The number of nitrogens with zero attached hydrogens (tertiary/aromatic N) is 3. The van der Waals surface area contributed by atoms with Crippen LogP contribution in [-0.4, -0.2) is 0 Å². The van der Waals surface area contributed by atoms with E-state index in [1.165, 1.54) is 62.6 Å². The van der Waals surface area contributed by atoms with E-state index in [-0.39, 0.29) is 5.41 Å². The lowest BCUT2D eigenvalue weighted by Crippen LogP contribution is -2.16. The molecule has 0 saturated heterocycles. The minimum Gasteiger partial charge on any atom is -0.310 e. The molecule has 0 atom stereocenters. The Balaban J connectivity index is 0.995. The van der Waals surface area contributed by atoms with E-state index in [9.17, 15) is 0 Å². The first-order valence-corrected chi connectivity index (χ1v) is 24.9. The Morgan fingerprint density at radius 1 is 0.265 bits per heavy atom. The summed E-state index contributed by atoms with van der Waals surface area (Å²) < 4.78 is 5.08. The average molecular weight is 908 g/mol. The molecule has 10 aromatic carbocycles. The van der Waals surface area contributed by atoms with Gasteiger partial charge in [-0.15, -0.1) is 22.7 Å². The molecule has 68 heavy (non-hydrogen) atoms. The molecule has 0 spiro atoms. The minimum absolute atomic E-state index is 0.145. The van der Waals surface area contributed by atoms with E-state index in [1.54, 1.807) is 0 Å². The van der Waals surface area contributed by atoms with Gasteiger partial charge in [0.05, 0.1) is 0 Å². The van der Waals surface area contributed by atoms with Gasteiger partial charge in [0.1, 0.15) is 0 Å². The van der Waals surface area contributed by atoms with E-state index < -0.39 is 0 Å². The number of fused-ring (bicyclic) bond motifs is 9. The molecule has 0 N–H and O–H groups in total. The summed E-state index contributed by atoms with van der Waals surface area (Å²) in [5.41, 5.74) is 15.4. The van der Waals surface area contributed by atoms with Crippen molar-refractivity contribution in [3.63, 3.8) is 0 Å². The summed E-state index contributed by atoms with van der Waals surface area (Å²) in [5, 5.41) is 5.00. The highest BCUT2D eigenvalue weighted by molar-refractivity contribution is 7.26. The van der Waals surface area contributed by atoms with Crippen molar-refractivity contribution < 1.29 is 0 Å². The van der Waals surface area contributed by atoms with Crippen molar-refractivity contribution in [3.05, 3.63) is 248 Å². The zero-order chi connectivity index (χ0) is 45.3. The molecule has 1 aliphatic carbocycles. The molecule has 5 heteroatoms. The summed E-state index contributed by atoms with van der Waals surface area (Å²) in [7, 11) is 0. The molecule has 0 amide bonds. The second-order valence-electron chi connectivity index (χ2n) is 18.2. The van der Waals surface area contributed by atoms with Crippen LogP contribution in [0.2, 0.25) is 0 Å². The molecule has 2 heterocycles. The van der Waals surface area contributed by atoms with Crippen LogP contribution in [0.15, 0.2) is 237 Å². The second-order valence-corrected chi connectivity index (χ2v) is 20.3. The molecule has 0 fully saturated rings. The van der Waals surface area contributed by atoms with Crippen LogP contribution in [0.1, 0.15) is 25.0 Å². The standard InChI is InChI=1S/C63H45N3S2/c1-63(2)57-26-16-15-25-51(57)52-32-27-50(41-58(52)63)66(48-30-35-61-55(39-48)53-37-46(28-33-59(53)67-61)64(42-17-7-3-8-18-42)43-19-9-4-10-20-43)49-31-36-62-56(40-49)54-38-47(29-34-60(54)68-62)65(44-21-11-5-12-22-44)45-23-13-6-14-24-45/h3-41H,1-2H3. The predicted octanol–water partition coefficient (Wildman–Crippen LogP) is 19.1. The summed E-state index contributed by atoms with van der Waals surface area (Å²) in [6.45, 7) is 4.74. The Morgan fingerprint density at radius 3 is 0.941 bits per heavy atom. The summed E-state index contributed by atoms with van der Waals surface area (Å²) in [6, 6.07) is 86.8. The zero-order valence-electron chi connectivity index (χ0n) is 37.7. The SMILES string of the molecule is CC1(C)c2ccccc2-c2ccc(N(c3ccc4sc5ccc(N(c6ccccc6)c6ccccc6)cc5c4c3)c3ccc4sc5ccc(N(c6ccccc6)c6ccccc6)cc5c4c3)cc21. The Kier molecular flexibility index (Phi) is 9.57. The van der Waals surface area contributed by atoms with Crippen LogP contribution in [-0.2, 0) is 5.41 Å². The monoisotopic (exact) mass is 907 g/mol. The largest absolute Gasteiger partial charge is 0.310 e. The first-order valence-electron chi connectivity index (χ1n) is 23.2. The third kappa shape index (κ3) is 6.69. The quantitative estimate of drug-likeness (QED) is 0.143. The highest BCUT2D eigenvalue weighted by Gasteiger charge is 2.36. The van der Waals surface area contributed by atoms with Crippen LogP contribution < -0.4 is 14.7 Å². The number of hydrogen-bond acceptors (Lipinski definition) is 5. The van der Waals surface area contributed by atoms with Crippen LogP contribution in [0.25, 0.3) is 51.5 Å². The second kappa shape index (κ2) is 16.1. The van der Waals surface area contributed by atoms with Gasteiger partial charge in [0.25, 0.3) is 0 Å². The molecule has 0 saturated carbocycles.